The second-order valence-corrected chi connectivity index (χ2v) is 6.82. The summed E-state index contributed by atoms with van der Waals surface area (Å²) < 4.78 is 15.4. The van der Waals surface area contributed by atoms with Crippen LogP contribution in [-0.2, 0) is 11.3 Å². The molecule has 0 saturated carbocycles. The number of hydrogen-bond acceptors (Lipinski definition) is 3. The maximum atomic E-state index is 13.8. The molecular weight excluding hydrogens is 343 g/mol. The minimum Gasteiger partial charge on any atom is -0.338 e. The minimum absolute atomic E-state index is 0.0321. The number of aryl methyl sites for hydroxylation is 1. The Morgan fingerprint density at radius 1 is 1.28 bits per heavy atom. The van der Waals surface area contributed by atoms with Gasteiger partial charge in [-0.2, -0.15) is 5.10 Å². The van der Waals surface area contributed by atoms with Crippen LogP contribution < -0.4 is 0 Å². The third-order valence-corrected chi connectivity index (χ3v) is 5.02. The monoisotopic (exact) mass is 364 g/mol. The number of rotatable bonds is 4. The number of hydrogen-bond donors (Lipinski definition) is 0. The van der Waals surface area contributed by atoms with Crippen molar-refractivity contribution in [1.29, 1.82) is 0 Å². The highest BCUT2D eigenvalue weighted by atomic mass is 35.5. The van der Waals surface area contributed by atoms with Gasteiger partial charge in [0.25, 0.3) is 0 Å². The molecule has 0 aliphatic carbocycles. The van der Waals surface area contributed by atoms with Gasteiger partial charge in [0.05, 0.1) is 10.7 Å². The summed E-state index contributed by atoms with van der Waals surface area (Å²) in [6, 6.07) is 6.44. The normalized spacial score (nSPS) is 16.9. The van der Waals surface area contributed by atoms with E-state index in [1.807, 2.05) is 24.8 Å². The molecule has 0 radical (unpaired) electrons. The van der Waals surface area contributed by atoms with E-state index in [9.17, 15) is 9.18 Å². The molecule has 25 heavy (non-hydrogen) atoms. The second kappa shape index (κ2) is 7.54. The molecule has 0 N–H and O–H groups in total. The molecule has 2 aromatic rings. The Hall–Kier alpha value is -1.92. The van der Waals surface area contributed by atoms with Gasteiger partial charge in [0.1, 0.15) is 11.9 Å². The van der Waals surface area contributed by atoms with Crippen molar-refractivity contribution in [2.75, 3.05) is 26.2 Å². The lowest BCUT2D eigenvalue weighted by molar-refractivity contribution is -0.136. The Morgan fingerprint density at radius 2 is 1.96 bits per heavy atom. The first-order valence-electron chi connectivity index (χ1n) is 8.41. The van der Waals surface area contributed by atoms with Crippen LogP contribution in [0.15, 0.2) is 30.5 Å². The summed E-state index contributed by atoms with van der Waals surface area (Å²) in [4.78, 5) is 16.7. The fourth-order valence-electron chi connectivity index (χ4n) is 3.03. The van der Waals surface area contributed by atoms with Crippen LogP contribution in [0.3, 0.4) is 0 Å². The highest BCUT2D eigenvalue weighted by molar-refractivity contribution is 6.31. The number of carbonyl (C=O) groups excluding carboxylic acids is 1. The van der Waals surface area contributed by atoms with E-state index in [0.717, 1.165) is 18.8 Å². The zero-order chi connectivity index (χ0) is 18.0. The second-order valence-electron chi connectivity index (χ2n) is 6.41. The lowest BCUT2D eigenvalue weighted by atomic mass is 10.1. The number of aromatic nitrogens is 2. The molecule has 1 saturated heterocycles. The van der Waals surface area contributed by atoms with Gasteiger partial charge in [-0.1, -0.05) is 29.8 Å². The number of benzene rings is 1. The Balaban J connectivity index is 1.56. The standard InChI is InChI=1S/C18H22ClFN4O/c1-13-16(19)12-24(21-13)14(2)18(25)23-9-7-22(8-10-23)11-15-5-3-4-6-17(15)20/h3-6,12,14H,7-11H2,1-2H3. The van der Waals surface area contributed by atoms with Crippen LogP contribution in [0.4, 0.5) is 4.39 Å². The molecule has 5 nitrogen and oxygen atoms in total. The molecule has 0 bridgehead atoms. The van der Waals surface area contributed by atoms with Crippen LogP contribution in [0.5, 0.6) is 0 Å². The van der Waals surface area contributed by atoms with Crippen molar-refractivity contribution in [1.82, 2.24) is 19.6 Å². The van der Waals surface area contributed by atoms with Gasteiger partial charge in [-0.05, 0) is 19.9 Å². The van der Waals surface area contributed by atoms with Gasteiger partial charge >= 0.3 is 0 Å². The molecule has 1 amide bonds. The smallest absolute Gasteiger partial charge is 0.247 e. The van der Waals surface area contributed by atoms with Gasteiger partial charge in [-0.15, -0.1) is 0 Å². The number of piperazine rings is 1. The van der Waals surface area contributed by atoms with Crippen LogP contribution in [-0.4, -0.2) is 51.7 Å². The number of amides is 1. The van der Waals surface area contributed by atoms with Gasteiger partial charge in [0, 0.05) is 44.5 Å². The molecular formula is C18H22ClFN4O. The fraction of sp³-hybridized carbons (Fsp3) is 0.444. The average molecular weight is 365 g/mol. The predicted molar refractivity (Wildman–Crippen MR) is 94.9 cm³/mol. The van der Waals surface area contributed by atoms with Gasteiger partial charge in [-0.3, -0.25) is 14.4 Å². The average Bonchev–Trinajstić information content (AvgIpc) is 2.95. The van der Waals surface area contributed by atoms with Gasteiger partial charge in [0.2, 0.25) is 5.91 Å². The highest BCUT2D eigenvalue weighted by Crippen LogP contribution is 2.19. The van der Waals surface area contributed by atoms with Crippen LogP contribution >= 0.6 is 11.6 Å². The Labute approximate surface area is 152 Å². The zero-order valence-corrected chi connectivity index (χ0v) is 15.2. The summed E-state index contributed by atoms with van der Waals surface area (Å²) in [7, 11) is 0. The molecule has 1 fully saturated rings. The number of nitrogens with zero attached hydrogens (tertiary/aromatic N) is 4. The van der Waals surface area contributed by atoms with Gasteiger partial charge in [-0.25, -0.2) is 4.39 Å². The quantitative estimate of drug-likeness (QED) is 0.837. The van der Waals surface area contributed by atoms with Crippen molar-refractivity contribution in [3.05, 3.63) is 52.6 Å². The Kier molecular flexibility index (Phi) is 5.39. The molecule has 1 aromatic heterocycles. The lowest BCUT2D eigenvalue weighted by Gasteiger charge is -2.36. The summed E-state index contributed by atoms with van der Waals surface area (Å²) in [6.07, 6.45) is 1.69. The first-order valence-corrected chi connectivity index (χ1v) is 8.79. The van der Waals surface area contributed by atoms with E-state index in [-0.39, 0.29) is 17.8 Å². The third kappa shape index (κ3) is 4.02. The molecule has 1 atom stereocenters. The number of halogens is 2. The van der Waals surface area contributed by atoms with E-state index >= 15 is 0 Å². The van der Waals surface area contributed by atoms with Crippen molar-refractivity contribution in [3.8, 4) is 0 Å². The first kappa shape index (κ1) is 17.9. The summed E-state index contributed by atoms with van der Waals surface area (Å²) in [5, 5.41) is 4.86. The van der Waals surface area contributed by atoms with Gasteiger partial charge in [0.15, 0.2) is 0 Å². The Bertz CT molecular complexity index is 736. The highest BCUT2D eigenvalue weighted by Gasteiger charge is 2.26. The first-order chi connectivity index (χ1) is 12.0. The maximum absolute atomic E-state index is 13.8. The van der Waals surface area contributed by atoms with Crippen molar-refractivity contribution in [2.24, 2.45) is 0 Å². The van der Waals surface area contributed by atoms with E-state index in [4.69, 9.17) is 11.6 Å². The summed E-state index contributed by atoms with van der Waals surface area (Å²) in [5.41, 5.74) is 1.41. The largest absolute Gasteiger partial charge is 0.338 e. The number of carbonyl (C=O) groups is 1. The third-order valence-electron chi connectivity index (χ3n) is 4.65. The molecule has 3 rings (SSSR count). The van der Waals surface area contributed by atoms with E-state index in [1.54, 1.807) is 23.0 Å². The van der Waals surface area contributed by atoms with Crippen LogP contribution in [0.2, 0.25) is 5.02 Å². The topological polar surface area (TPSA) is 41.4 Å². The van der Waals surface area contributed by atoms with Gasteiger partial charge < -0.3 is 4.90 Å². The summed E-state index contributed by atoms with van der Waals surface area (Å²) in [5.74, 6) is -0.148. The summed E-state index contributed by atoms with van der Waals surface area (Å²) >= 11 is 6.03. The SMILES string of the molecule is Cc1nn(C(C)C(=O)N2CCN(Cc3ccccc3F)CC2)cc1Cl. The molecule has 134 valence electrons. The van der Waals surface area contributed by atoms with E-state index in [2.05, 4.69) is 10.00 Å². The molecule has 1 unspecified atom stereocenters. The zero-order valence-electron chi connectivity index (χ0n) is 14.5. The van der Waals surface area contributed by atoms with Crippen molar-refractivity contribution in [3.63, 3.8) is 0 Å². The van der Waals surface area contributed by atoms with E-state index < -0.39 is 0 Å². The predicted octanol–water partition coefficient (Wildman–Crippen LogP) is 2.89. The van der Waals surface area contributed by atoms with Crippen LogP contribution in [0.25, 0.3) is 0 Å². The summed E-state index contributed by atoms with van der Waals surface area (Å²) in [6.45, 7) is 6.93. The fourth-order valence-corrected chi connectivity index (χ4v) is 3.17. The van der Waals surface area contributed by atoms with Crippen molar-refractivity contribution in [2.45, 2.75) is 26.4 Å². The van der Waals surface area contributed by atoms with Crippen LogP contribution in [0, 0.1) is 12.7 Å². The molecule has 1 aliphatic heterocycles. The maximum Gasteiger partial charge on any atom is 0.247 e. The molecule has 7 heteroatoms. The van der Waals surface area contributed by atoms with E-state index in [1.165, 1.54) is 6.07 Å². The van der Waals surface area contributed by atoms with E-state index in [0.29, 0.717) is 30.2 Å². The lowest BCUT2D eigenvalue weighted by Crippen LogP contribution is -2.50. The van der Waals surface area contributed by atoms with Crippen LogP contribution in [0.1, 0.15) is 24.2 Å². The van der Waals surface area contributed by atoms with Crippen molar-refractivity contribution < 1.29 is 9.18 Å². The molecule has 1 aliphatic rings. The van der Waals surface area contributed by atoms with Crippen molar-refractivity contribution >= 4 is 17.5 Å². The Morgan fingerprint density at radius 3 is 2.56 bits per heavy atom. The molecule has 2 heterocycles. The minimum atomic E-state index is -0.385. The molecule has 1 aromatic carbocycles. The molecule has 0 spiro atoms.